The number of benzene rings is 1. The van der Waals surface area contributed by atoms with E-state index >= 15 is 0 Å². The molecule has 0 aliphatic rings. The van der Waals surface area contributed by atoms with Gasteiger partial charge in [0.05, 0.1) is 0 Å². The van der Waals surface area contributed by atoms with E-state index in [0.29, 0.717) is 0 Å². The first-order valence-corrected chi connectivity index (χ1v) is 5.56. The van der Waals surface area contributed by atoms with Gasteiger partial charge in [0.2, 0.25) is 0 Å². The molecule has 0 aliphatic carbocycles. The number of nitrogens with one attached hydrogen (secondary N) is 1. The minimum atomic E-state index is -0.973. The highest BCUT2D eigenvalue weighted by molar-refractivity contribution is 5.85. The summed E-state index contributed by atoms with van der Waals surface area (Å²) in [5, 5.41) is 9.99. The maximum atomic E-state index is 10.9. The third-order valence-electron chi connectivity index (χ3n) is 3.18. The van der Waals surface area contributed by atoms with Gasteiger partial charge in [-0.1, -0.05) is 18.6 Å². The Kier molecular flexibility index (Phi) is 2.90. The monoisotopic (exact) mass is 232 g/mol. The summed E-state index contributed by atoms with van der Waals surface area (Å²) >= 11 is 0. The SMILES string of the molecule is Cc1ccc2[nH]cc(C(C)C(N)C(=O)O)c2c1. The number of H-pyrrole nitrogens is 1. The van der Waals surface area contributed by atoms with E-state index in [0.717, 1.165) is 22.0 Å². The summed E-state index contributed by atoms with van der Waals surface area (Å²) in [6, 6.07) is 5.18. The summed E-state index contributed by atoms with van der Waals surface area (Å²) in [5.74, 6) is -1.19. The molecule has 0 radical (unpaired) electrons. The largest absolute Gasteiger partial charge is 0.480 e. The zero-order valence-electron chi connectivity index (χ0n) is 9.90. The second-order valence-corrected chi connectivity index (χ2v) is 4.45. The first-order chi connectivity index (χ1) is 8.00. The lowest BCUT2D eigenvalue weighted by atomic mass is 9.93. The Morgan fingerprint density at radius 3 is 2.82 bits per heavy atom. The Morgan fingerprint density at radius 1 is 1.47 bits per heavy atom. The van der Waals surface area contributed by atoms with Crippen molar-refractivity contribution in [3.8, 4) is 0 Å². The molecule has 1 aromatic carbocycles. The maximum absolute atomic E-state index is 10.9. The summed E-state index contributed by atoms with van der Waals surface area (Å²) in [6.45, 7) is 3.85. The second kappa shape index (κ2) is 4.22. The van der Waals surface area contributed by atoms with Crippen LogP contribution in [0.3, 0.4) is 0 Å². The first-order valence-electron chi connectivity index (χ1n) is 5.56. The molecule has 0 saturated heterocycles. The number of hydrogen-bond acceptors (Lipinski definition) is 2. The number of carbonyl (C=O) groups is 1. The Bertz CT molecular complexity index is 560. The molecule has 1 aromatic heterocycles. The van der Waals surface area contributed by atoms with Crippen molar-refractivity contribution in [3.05, 3.63) is 35.5 Å². The van der Waals surface area contributed by atoms with Gasteiger partial charge in [-0.25, -0.2) is 0 Å². The van der Waals surface area contributed by atoms with Gasteiger partial charge in [-0.3, -0.25) is 4.79 Å². The van der Waals surface area contributed by atoms with Crippen molar-refractivity contribution >= 4 is 16.9 Å². The van der Waals surface area contributed by atoms with Crippen molar-refractivity contribution in [2.24, 2.45) is 5.73 Å². The standard InChI is InChI=1S/C13H16N2O2/c1-7-3-4-11-9(5-7)10(6-15-11)8(2)12(14)13(16)17/h3-6,8,12,15H,14H2,1-2H3,(H,16,17). The molecule has 0 amide bonds. The normalized spacial score (nSPS) is 14.8. The van der Waals surface area contributed by atoms with Crippen LogP contribution in [0, 0.1) is 6.92 Å². The van der Waals surface area contributed by atoms with Crippen LogP contribution < -0.4 is 5.73 Å². The quantitative estimate of drug-likeness (QED) is 0.757. The highest BCUT2D eigenvalue weighted by atomic mass is 16.4. The van der Waals surface area contributed by atoms with E-state index in [4.69, 9.17) is 10.8 Å². The molecule has 2 aromatic rings. The van der Waals surface area contributed by atoms with E-state index in [1.807, 2.05) is 38.2 Å². The Hall–Kier alpha value is -1.81. The molecule has 2 atom stereocenters. The van der Waals surface area contributed by atoms with Gasteiger partial charge in [-0.05, 0) is 24.6 Å². The molecule has 0 saturated carbocycles. The van der Waals surface area contributed by atoms with Crippen molar-refractivity contribution in [2.75, 3.05) is 0 Å². The summed E-state index contributed by atoms with van der Waals surface area (Å²) in [7, 11) is 0. The fourth-order valence-electron chi connectivity index (χ4n) is 2.04. The fraction of sp³-hybridized carbons (Fsp3) is 0.308. The van der Waals surface area contributed by atoms with Gasteiger partial charge in [0.15, 0.2) is 0 Å². The lowest BCUT2D eigenvalue weighted by Gasteiger charge is -2.15. The number of aliphatic carboxylic acids is 1. The highest BCUT2D eigenvalue weighted by Crippen LogP contribution is 2.27. The molecule has 4 N–H and O–H groups in total. The van der Waals surface area contributed by atoms with E-state index in [1.54, 1.807) is 0 Å². The number of aromatic nitrogens is 1. The third-order valence-corrected chi connectivity index (χ3v) is 3.18. The first kappa shape index (κ1) is 11.7. The van der Waals surface area contributed by atoms with Crippen molar-refractivity contribution in [3.63, 3.8) is 0 Å². The lowest BCUT2D eigenvalue weighted by Crippen LogP contribution is -2.35. The minimum absolute atomic E-state index is 0.219. The van der Waals surface area contributed by atoms with Crippen molar-refractivity contribution in [2.45, 2.75) is 25.8 Å². The van der Waals surface area contributed by atoms with Crippen LogP contribution in [-0.2, 0) is 4.79 Å². The van der Waals surface area contributed by atoms with Gasteiger partial charge >= 0.3 is 5.97 Å². The lowest BCUT2D eigenvalue weighted by molar-refractivity contribution is -0.138. The Balaban J connectivity index is 2.48. The molecule has 0 spiro atoms. The molecule has 90 valence electrons. The van der Waals surface area contributed by atoms with E-state index in [1.165, 1.54) is 0 Å². The van der Waals surface area contributed by atoms with Crippen LogP contribution >= 0.6 is 0 Å². The van der Waals surface area contributed by atoms with E-state index in [2.05, 4.69) is 4.98 Å². The van der Waals surface area contributed by atoms with Gasteiger partial charge in [0.1, 0.15) is 6.04 Å². The number of rotatable bonds is 3. The average molecular weight is 232 g/mol. The molecule has 0 bridgehead atoms. The van der Waals surface area contributed by atoms with Gasteiger partial charge in [-0.15, -0.1) is 0 Å². The van der Waals surface area contributed by atoms with Crippen LogP contribution in [-0.4, -0.2) is 22.1 Å². The van der Waals surface area contributed by atoms with Crippen molar-refractivity contribution < 1.29 is 9.90 Å². The number of nitrogens with two attached hydrogens (primary N) is 1. The Morgan fingerprint density at radius 2 is 2.18 bits per heavy atom. The predicted molar refractivity (Wildman–Crippen MR) is 67.1 cm³/mol. The van der Waals surface area contributed by atoms with Crippen LogP contribution in [0.5, 0.6) is 0 Å². The molecule has 4 heteroatoms. The minimum Gasteiger partial charge on any atom is -0.480 e. The maximum Gasteiger partial charge on any atom is 0.321 e. The molecular formula is C13H16N2O2. The second-order valence-electron chi connectivity index (χ2n) is 4.45. The van der Waals surface area contributed by atoms with Crippen LogP contribution in [0.4, 0.5) is 0 Å². The zero-order chi connectivity index (χ0) is 12.6. The Labute approximate surface area is 99.4 Å². The number of aromatic amines is 1. The molecule has 4 nitrogen and oxygen atoms in total. The number of fused-ring (bicyclic) bond motifs is 1. The highest BCUT2D eigenvalue weighted by Gasteiger charge is 2.23. The van der Waals surface area contributed by atoms with E-state index in [-0.39, 0.29) is 5.92 Å². The summed E-state index contributed by atoms with van der Waals surface area (Å²) < 4.78 is 0. The van der Waals surface area contributed by atoms with Crippen LogP contribution in [0.15, 0.2) is 24.4 Å². The molecule has 1 heterocycles. The van der Waals surface area contributed by atoms with Crippen molar-refractivity contribution in [1.82, 2.24) is 4.98 Å². The van der Waals surface area contributed by atoms with Gasteiger partial charge in [-0.2, -0.15) is 0 Å². The molecule has 0 fully saturated rings. The predicted octanol–water partition coefficient (Wildman–Crippen LogP) is 1.99. The van der Waals surface area contributed by atoms with Crippen LogP contribution in [0.25, 0.3) is 10.9 Å². The molecular weight excluding hydrogens is 216 g/mol. The molecule has 2 unspecified atom stereocenters. The van der Waals surface area contributed by atoms with Crippen LogP contribution in [0.1, 0.15) is 24.0 Å². The van der Waals surface area contributed by atoms with Crippen molar-refractivity contribution in [1.29, 1.82) is 0 Å². The fourth-order valence-corrected chi connectivity index (χ4v) is 2.04. The third kappa shape index (κ3) is 2.03. The number of hydrogen-bond donors (Lipinski definition) is 3. The molecule has 17 heavy (non-hydrogen) atoms. The van der Waals surface area contributed by atoms with Gasteiger partial charge in [0.25, 0.3) is 0 Å². The summed E-state index contributed by atoms with van der Waals surface area (Å²) in [6.07, 6.45) is 1.84. The smallest absolute Gasteiger partial charge is 0.321 e. The van der Waals surface area contributed by atoms with Gasteiger partial charge in [0, 0.05) is 23.0 Å². The van der Waals surface area contributed by atoms with Gasteiger partial charge < -0.3 is 15.8 Å². The molecule has 2 rings (SSSR count). The topological polar surface area (TPSA) is 79.1 Å². The average Bonchev–Trinajstić information content (AvgIpc) is 2.69. The van der Waals surface area contributed by atoms with Crippen LogP contribution in [0.2, 0.25) is 0 Å². The van der Waals surface area contributed by atoms with E-state index in [9.17, 15) is 4.79 Å². The molecule has 0 aliphatic heterocycles. The number of aryl methyl sites for hydroxylation is 1. The van der Waals surface area contributed by atoms with E-state index < -0.39 is 12.0 Å². The number of carboxylic acid groups (broad SMARTS) is 1. The summed E-state index contributed by atoms with van der Waals surface area (Å²) in [5.41, 5.74) is 8.78. The zero-order valence-corrected chi connectivity index (χ0v) is 9.90. The number of carboxylic acids is 1. The summed E-state index contributed by atoms with van der Waals surface area (Å²) in [4.78, 5) is 14.0.